The Labute approximate surface area is 176 Å². The van der Waals surface area contributed by atoms with Crippen LogP contribution in [-0.4, -0.2) is 15.9 Å². The minimum atomic E-state index is -0.482. The normalized spacial score (nSPS) is 12.4. The summed E-state index contributed by atoms with van der Waals surface area (Å²) in [6.45, 7) is 0.706. The summed E-state index contributed by atoms with van der Waals surface area (Å²) in [5.74, 6) is 2.98. The van der Waals surface area contributed by atoms with Gasteiger partial charge in [-0.3, -0.25) is 4.79 Å². The maximum Gasteiger partial charge on any atom is 0.300 e. The van der Waals surface area contributed by atoms with Crippen LogP contribution in [0.1, 0.15) is 29.7 Å². The van der Waals surface area contributed by atoms with Gasteiger partial charge in [0.15, 0.2) is 0 Å². The molecule has 6 heteroatoms. The number of anilines is 4. The van der Waals surface area contributed by atoms with Crippen LogP contribution in [-0.2, 0) is 24.2 Å². The lowest BCUT2D eigenvalue weighted by atomic mass is 9.96. The summed E-state index contributed by atoms with van der Waals surface area (Å²) in [5, 5.41) is 9.40. The predicted molar refractivity (Wildman–Crippen MR) is 120 cm³/mol. The molecule has 0 spiro atoms. The molecular formula is C24H23N5O. The van der Waals surface area contributed by atoms with E-state index in [1.807, 2.05) is 36.3 Å². The third kappa shape index (κ3) is 4.76. The van der Waals surface area contributed by atoms with Gasteiger partial charge in [0, 0.05) is 23.5 Å². The zero-order valence-corrected chi connectivity index (χ0v) is 16.6. The van der Waals surface area contributed by atoms with E-state index in [-0.39, 0.29) is 0 Å². The summed E-state index contributed by atoms with van der Waals surface area (Å²) in [4.78, 5) is 20.9. The lowest BCUT2D eigenvalue weighted by molar-refractivity contribution is -0.111. The first kappa shape index (κ1) is 19.5. The Morgan fingerprint density at radius 3 is 2.63 bits per heavy atom. The van der Waals surface area contributed by atoms with Gasteiger partial charge in [0.25, 0.3) is 5.91 Å². The number of aromatic nitrogens is 2. The van der Waals surface area contributed by atoms with Crippen LogP contribution in [0.5, 0.6) is 0 Å². The smallest absolute Gasteiger partial charge is 0.300 e. The average Bonchev–Trinajstić information content (AvgIpc) is 2.78. The van der Waals surface area contributed by atoms with E-state index < -0.39 is 5.91 Å². The average molecular weight is 397 g/mol. The molecule has 0 aliphatic heterocycles. The zero-order chi connectivity index (χ0) is 20.8. The van der Waals surface area contributed by atoms with E-state index in [0.29, 0.717) is 18.2 Å². The summed E-state index contributed by atoms with van der Waals surface area (Å²) in [6, 6.07) is 17.6. The van der Waals surface area contributed by atoms with Crippen LogP contribution in [0.25, 0.3) is 0 Å². The van der Waals surface area contributed by atoms with E-state index in [2.05, 4.69) is 28.1 Å². The number of hydrogen-bond donors (Lipinski definition) is 3. The molecule has 0 fully saturated rings. The molecule has 0 bridgehead atoms. The van der Waals surface area contributed by atoms with Crippen molar-refractivity contribution in [1.29, 1.82) is 0 Å². The van der Waals surface area contributed by atoms with Gasteiger partial charge in [0.05, 0.1) is 5.69 Å². The van der Waals surface area contributed by atoms with Gasteiger partial charge in [-0.1, -0.05) is 36.4 Å². The van der Waals surface area contributed by atoms with E-state index in [0.717, 1.165) is 42.9 Å². The number of rotatable bonds is 6. The van der Waals surface area contributed by atoms with Crippen molar-refractivity contribution in [2.24, 2.45) is 0 Å². The topological polar surface area (TPSA) is 78.9 Å². The van der Waals surface area contributed by atoms with E-state index >= 15 is 0 Å². The highest BCUT2D eigenvalue weighted by Crippen LogP contribution is 2.28. The summed E-state index contributed by atoms with van der Waals surface area (Å²) in [7, 11) is 0. The Hall–Kier alpha value is -3.85. The maximum atomic E-state index is 11.4. The Morgan fingerprint density at radius 1 is 1.00 bits per heavy atom. The van der Waals surface area contributed by atoms with E-state index in [1.54, 1.807) is 12.1 Å². The standard InChI is InChI=1S/C24H23N5O/c1-2-22(30)26-18-11-8-12-19(15-18)27-24-28-21-14-7-6-13-20(21)23(29-24)25-16-17-9-4-3-5-10-17/h1,3-5,8-12,15H,6-7,13-14,16H2,(H,26,30)(H2,25,27,28,29). The second-order valence-corrected chi connectivity index (χ2v) is 7.17. The van der Waals surface area contributed by atoms with Gasteiger partial charge in [0.1, 0.15) is 5.82 Å². The van der Waals surface area contributed by atoms with Gasteiger partial charge < -0.3 is 16.0 Å². The molecule has 3 aromatic rings. The van der Waals surface area contributed by atoms with E-state index in [1.165, 1.54) is 11.1 Å². The van der Waals surface area contributed by atoms with Crippen LogP contribution < -0.4 is 16.0 Å². The first-order chi connectivity index (χ1) is 14.7. The van der Waals surface area contributed by atoms with E-state index in [4.69, 9.17) is 16.4 Å². The third-order valence-electron chi connectivity index (χ3n) is 4.99. The largest absolute Gasteiger partial charge is 0.366 e. The summed E-state index contributed by atoms with van der Waals surface area (Å²) < 4.78 is 0. The fraction of sp³-hybridized carbons (Fsp3) is 0.208. The maximum absolute atomic E-state index is 11.4. The van der Waals surface area contributed by atoms with Gasteiger partial charge in [-0.25, -0.2) is 4.98 Å². The number of nitrogens with one attached hydrogen (secondary N) is 3. The number of nitrogens with zero attached hydrogens (tertiary/aromatic N) is 2. The molecule has 30 heavy (non-hydrogen) atoms. The Kier molecular flexibility index (Phi) is 5.90. The quantitative estimate of drug-likeness (QED) is 0.541. The number of fused-ring (bicyclic) bond motifs is 1. The van der Waals surface area contributed by atoms with Gasteiger partial charge >= 0.3 is 0 Å². The van der Waals surface area contributed by atoms with Crippen LogP contribution in [0.3, 0.4) is 0 Å². The lowest BCUT2D eigenvalue weighted by Gasteiger charge is -2.20. The van der Waals surface area contributed by atoms with Crippen LogP contribution in [0.15, 0.2) is 54.6 Å². The van der Waals surface area contributed by atoms with Crippen molar-refractivity contribution in [1.82, 2.24) is 9.97 Å². The van der Waals surface area contributed by atoms with Crippen molar-refractivity contribution in [3.63, 3.8) is 0 Å². The first-order valence-electron chi connectivity index (χ1n) is 10.0. The number of terminal acetylenes is 1. The predicted octanol–water partition coefficient (Wildman–Crippen LogP) is 4.28. The molecule has 1 aromatic heterocycles. The molecule has 6 nitrogen and oxygen atoms in total. The number of aryl methyl sites for hydroxylation is 1. The van der Waals surface area contributed by atoms with Gasteiger partial charge in [-0.05, 0) is 55.4 Å². The van der Waals surface area contributed by atoms with Crippen molar-refractivity contribution in [3.05, 3.63) is 71.4 Å². The number of carbonyl (C=O) groups is 1. The van der Waals surface area contributed by atoms with Crippen molar-refractivity contribution in [2.75, 3.05) is 16.0 Å². The molecule has 2 aromatic carbocycles. The number of hydrogen-bond acceptors (Lipinski definition) is 5. The molecule has 0 radical (unpaired) electrons. The SMILES string of the molecule is C#CC(=O)Nc1cccc(Nc2nc3c(c(NCc4ccccc4)n2)CCCC3)c1. The van der Waals surface area contributed by atoms with Crippen molar-refractivity contribution >= 4 is 29.0 Å². The highest BCUT2D eigenvalue weighted by molar-refractivity contribution is 6.03. The summed E-state index contributed by atoms with van der Waals surface area (Å²) in [6.07, 6.45) is 9.35. The van der Waals surface area contributed by atoms with Crippen LogP contribution in [0, 0.1) is 12.3 Å². The van der Waals surface area contributed by atoms with Crippen LogP contribution in [0.4, 0.5) is 23.1 Å². The Bertz CT molecular complexity index is 1090. The minimum absolute atomic E-state index is 0.482. The molecule has 3 N–H and O–H groups in total. The molecule has 0 saturated heterocycles. The van der Waals surface area contributed by atoms with E-state index in [9.17, 15) is 4.79 Å². The highest BCUT2D eigenvalue weighted by Gasteiger charge is 2.18. The molecular weight excluding hydrogens is 374 g/mol. The fourth-order valence-electron chi connectivity index (χ4n) is 3.55. The molecule has 0 unspecified atom stereocenters. The monoisotopic (exact) mass is 397 g/mol. The third-order valence-corrected chi connectivity index (χ3v) is 4.99. The Morgan fingerprint density at radius 2 is 1.80 bits per heavy atom. The number of amides is 1. The zero-order valence-electron chi connectivity index (χ0n) is 16.6. The molecule has 0 atom stereocenters. The molecule has 1 aliphatic rings. The summed E-state index contributed by atoms with van der Waals surface area (Å²) >= 11 is 0. The first-order valence-corrected chi connectivity index (χ1v) is 10.0. The van der Waals surface area contributed by atoms with Crippen molar-refractivity contribution in [3.8, 4) is 12.3 Å². The number of benzene rings is 2. The van der Waals surface area contributed by atoms with Crippen molar-refractivity contribution < 1.29 is 4.79 Å². The molecule has 1 amide bonds. The van der Waals surface area contributed by atoms with Crippen LogP contribution >= 0.6 is 0 Å². The van der Waals surface area contributed by atoms with Gasteiger partial charge in [-0.15, -0.1) is 6.42 Å². The second kappa shape index (κ2) is 9.10. The summed E-state index contributed by atoms with van der Waals surface area (Å²) in [5.41, 5.74) is 4.88. The van der Waals surface area contributed by atoms with Crippen molar-refractivity contribution in [2.45, 2.75) is 32.2 Å². The molecule has 4 rings (SSSR count). The second-order valence-electron chi connectivity index (χ2n) is 7.17. The lowest BCUT2D eigenvalue weighted by Crippen LogP contribution is -2.14. The van der Waals surface area contributed by atoms with Crippen LogP contribution in [0.2, 0.25) is 0 Å². The Balaban J connectivity index is 1.57. The minimum Gasteiger partial charge on any atom is -0.366 e. The molecule has 1 aliphatic carbocycles. The highest BCUT2D eigenvalue weighted by atomic mass is 16.1. The fourth-order valence-corrected chi connectivity index (χ4v) is 3.55. The van der Waals surface area contributed by atoms with Gasteiger partial charge in [-0.2, -0.15) is 4.98 Å². The molecule has 150 valence electrons. The molecule has 0 saturated carbocycles. The number of carbonyl (C=O) groups excluding carboxylic acids is 1. The van der Waals surface area contributed by atoms with Gasteiger partial charge in [0.2, 0.25) is 5.95 Å². The molecule has 1 heterocycles.